The van der Waals surface area contributed by atoms with Crippen LogP contribution in [-0.4, -0.2) is 17.1 Å². The number of nitrogens with one attached hydrogen (secondary N) is 1. The Bertz CT molecular complexity index is 1090. The maximum Gasteiger partial charge on any atom is 0.163 e. The Kier molecular flexibility index (Phi) is 5.65. The summed E-state index contributed by atoms with van der Waals surface area (Å²) >= 11 is 1.71. The molecule has 2 heterocycles. The summed E-state index contributed by atoms with van der Waals surface area (Å²) in [6, 6.07) is 15.7. The van der Waals surface area contributed by atoms with Gasteiger partial charge in [-0.3, -0.25) is 10.7 Å². The van der Waals surface area contributed by atoms with Gasteiger partial charge in [-0.05, 0) is 60.2 Å². The third-order valence-electron chi connectivity index (χ3n) is 5.07. The average molecular weight is 420 g/mol. The molecule has 5 N–H and O–H groups in total. The second kappa shape index (κ2) is 8.38. The van der Waals surface area contributed by atoms with E-state index in [2.05, 4.69) is 22.2 Å². The van der Waals surface area contributed by atoms with Crippen LogP contribution in [0.1, 0.15) is 29.3 Å². The number of pyridine rings is 1. The minimum Gasteiger partial charge on any atom is -0.487 e. The number of rotatable bonds is 6. The first kappa shape index (κ1) is 20.3. The zero-order chi connectivity index (χ0) is 21.1. The van der Waals surface area contributed by atoms with Crippen LogP contribution < -0.4 is 21.5 Å². The third kappa shape index (κ3) is 3.86. The Balaban J connectivity index is 1.64. The summed E-state index contributed by atoms with van der Waals surface area (Å²) in [6.45, 7) is 4.52. The summed E-state index contributed by atoms with van der Waals surface area (Å²) in [5.74, 6) is 1.74. The number of fused-ring (bicyclic) bond motifs is 1. The lowest BCUT2D eigenvalue weighted by Crippen LogP contribution is -2.39. The molecule has 3 aromatic rings. The van der Waals surface area contributed by atoms with Crippen LogP contribution in [0.3, 0.4) is 0 Å². The van der Waals surface area contributed by atoms with Crippen LogP contribution in [-0.2, 0) is 12.3 Å². The smallest absolute Gasteiger partial charge is 0.163 e. The molecule has 1 unspecified atom stereocenters. The monoisotopic (exact) mass is 419 g/mol. The Morgan fingerprint density at radius 2 is 2.03 bits per heavy atom. The Morgan fingerprint density at radius 1 is 1.17 bits per heavy atom. The molecule has 0 radical (unpaired) electrons. The van der Waals surface area contributed by atoms with Crippen molar-refractivity contribution in [3.8, 4) is 5.75 Å². The molecule has 1 aromatic heterocycles. The number of anilines is 2. The Labute approximate surface area is 180 Å². The van der Waals surface area contributed by atoms with E-state index in [1.54, 1.807) is 24.3 Å². The second-order valence-electron chi connectivity index (χ2n) is 7.13. The maximum atomic E-state index is 6.82. The first-order valence-corrected chi connectivity index (χ1v) is 10.8. The molecule has 0 bridgehead atoms. The zero-order valence-corrected chi connectivity index (χ0v) is 17.9. The summed E-state index contributed by atoms with van der Waals surface area (Å²) in [4.78, 5) is 9.91. The van der Waals surface area contributed by atoms with Gasteiger partial charge in [-0.15, -0.1) is 11.8 Å². The van der Waals surface area contributed by atoms with Crippen molar-refractivity contribution < 1.29 is 4.74 Å². The first-order chi connectivity index (χ1) is 14.5. The van der Waals surface area contributed by atoms with Gasteiger partial charge in [0.15, 0.2) is 5.66 Å². The molecule has 0 saturated heterocycles. The molecule has 7 heteroatoms. The largest absolute Gasteiger partial charge is 0.487 e. The van der Waals surface area contributed by atoms with Crippen LogP contribution in [0.5, 0.6) is 5.75 Å². The van der Waals surface area contributed by atoms with E-state index >= 15 is 0 Å². The van der Waals surface area contributed by atoms with Gasteiger partial charge >= 0.3 is 0 Å². The predicted octanol–water partition coefficient (Wildman–Crippen LogP) is 4.28. The van der Waals surface area contributed by atoms with Crippen molar-refractivity contribution in [2.75, 3.05) is 16.8 Å². The van der Waals surface area contributed by atoms with Crippen LogP contribution in [0.4, 0.5) is 11.4 Å². The first-order valence-electron chi connectivity index (χ1n) is 9.81. The molecule has 0 amide bonds. The van der Waals surface area contributed by atoms with Crippen molar-refractivity contribution in [2.24, 2.45) is 10.7 Å². The van der Waals surface area contributed by atoms with Gasteiger partial charge in [-0.1, -0.05) is 19.1 Å². The summed E-state index contributed by atoms with van der Waals surface area (Å²) < 4.78 is 5.95. The van der Waals surface area contributed by atoms with E-state index in [-0.39, 0.29) is 0 Å². The molecule has 6 nitrogen and oxygen atoms in total. The Morgan fingerprint density at radius 3 is 2.77 bits per heavy atom. The lowest BCUT2D eigenvalue weighted by atomic mass is 9.89. The number of nitrogens with zero attached hydrogens (tertiary/aromatic N) is 2. The number of hydrogen-bond acceptors (Lipinski definition) is 7. The van der Waals surface area contributed by atoms with Crippen LogP contribution in [0.15, 0.2) is 64.6 Å². The normalized spacial score (nSPS) is 17.3. The standard InChI is InChI=1S/C23H25N5OS/c1-3-30-22-12-20-18(11-19(22)24)23(25,28-14-27-20)16-7-8-21(15(2)10-16)29-13-17-6-4-5-9-26-17/h4-12,14H,3,13,24-25H2,1-2H3,(H,27,28). The molecule has 0 aliphatic carbocycles. The Hall–Kier alpha value is -3.03. The van der Waals surface area contributed by atoms with E-state index in [0.29, 0.717) is 12.3 Å². The van der Waals surface area contributed by atoms with E-state index in [0.717, 1.165) is 44.5 Å². The van der Waals surface area contributed by atoms with Gasteiger partial charge < -0.3 is 15.8 Å². The summed E-state index contributed by atoms with van der Waals surface area (Å²) in [6.07, 6.45) is 3.41. The van der Waals surface area contributed by atoms with Crippen molar-refractivity contribution in [3.63, 3.8) is 0 Å². The van der Waals surface area contributed by atoms with Crippen LogP contribution in [0.25, 0.3) is 0 Å². The van der Waals surface area contributed by atoms with Crippen molar-refractivity contribution >= 4 is 29.5 Å². The molecule has 30 heavy (non-hydrogen) atoms. The van der Waals surface area contributed by atoms with Crippen LogP contribution in [0, 0.1) is 6.92 Å². The van der Waals surface area contributed by atoms with Crippen molar-refractivity contribution in [3.05, 3.63) is 77.1 Å². The molecule has 0 spiro atoms. The lowest BCUT2D eigenvalue weighted by molar-refractivity contribution is 0.299. The zero-order valence-electron chi connectivity index (χ0n) is 17.1. The highest BCUT2D eigenvalue weighted by molar-refractivity contribution is 7.99. The van der Waals surface area contributed by atoms with Crippen LogP contribution in [0.2, 0.25) is 0 Å². The minimum absolute atomic E-state index is 0.411. The molecule has 0 fully saturated rings. The maximum absolute atomic E-state index is 6.82. The molecule has 1 aliphatic rings. The SMILES string of the molecule is CCSc1cc2c(cc1N)C(N)(c1ccc(OCc3ccccn3)c(C)c1)N=CN2. The highest BCUT2D eigenvalue weighted by Gasteiger charge is 2.34. The van der Waals surface area contributed by atoms with Crippen molar-refractivity contribution in [1.82, 2.24) is 4.98 Å². The molecule has 0 saturated carbocycles. The van der Waals surface area contributed by atoms with Gasteiger partial charge in [0.2, 0.25) is 0 Å². The second-order valence-corrected chi connectivity index (χ2v) is 8.43. The number of nitrogens with two attached hydrogens (primary N) is 2. The van der Waals surface area contributed by atoms with Crippen molar-refractivity contribution in [1.29, 1.82) is 0 Å². The number of hydrogen-bond donors (Lipinski definition) is 3. The van der Waals surface area contributed by atoms with Gasteiger partial charge in [0.1, 0.15) is 12.4 Å². The number of thioether (sulfide) groups is 1. The number of benzene rings is 2. The highest BCUT2D eigenvalue weighted by Crippen LogP contribution is 2.41. The fourth-order valence-electron chi connectivity index (χ4n) is 3.50. The number of nitrogen functional groups attached to an aromatic ring is 1. The quantitative estimate of drug-likeness (QED) is 0.407. The molecule has 154 valence electrons. The molecular weight excluding hydrogens is 394 g/mol. The molecule has 1 atom stereocenters. The molecular formula is C23H25N5OS. The predicted molar refractivity (Wildman–Crippen MR) is 124 cm³/mol. The third-order valence-corrected chi connectivity index (χ3v) is 6.02. The molecule has 1 aliphatic heterocycles. The fourth-order valence-corrected chi connectivity index (χ4v) is 4.24. The fraction of sp³-hybridized carbons (Fsp3) is 0.217. The van der Waals surface area contributed by atoms with E-state index in [9.17, 15) is 0 Å². The van der Waals surface area contributed by atoms with Crippen molar-refractivity contribution in [2.45, 2.75) is 31.0 Å². The van der Waals surface area contributed by atoms with Gasteiger partial charge in [0.25, 0.3) is 0 Å². The highest BCUT2D eigenvalue weighted by atomic mass is 32.2. The topological polar surface area (TPSA) is 98.5 Å². The average Bonchev–Trinajstić information content (AvgIpc) is 2.75. The van der Waals surface area contributed by atoms with E-state index in [4.69, 9.17) is 16.2 Å². The van der Waals surface area contributed by atoms with Gasteiger partial charge in [-0.25, -0.2) is 4.99 Å². The minimum atomic E-state index is -1.02. The number of aryl methyl sites for hydroxylation is 1. The van der Waals surface area contributed by atoms with Gasteiger partial charge in [-0.2, -0.15) is 0 Å². The lowest BCUT2D eigenvalue weighted by Gasteiger charge is -2.32. The number of aliphatic imine (C=N–C) groups is 1. The van der Waals surface area contributed by atoms with E-state index < -0.39 is 5.66 Å². The van der Waals surface area contributed by atoms with Gasteiger partial charge in [0, 0.05) is 28.0 Å². The summed E-state index contributed by atoms with van der Waals surface area (Å²) in [5, 5.41) is 3.21. The molecule has 4 rings (SSSR count). The van der Waals surface area contributed by atoms with Gasteiger partial charge in [0.05, 0.1) is 12.0 Å². The molecule has 2 aromatic carbocycles. The summed E-state index contributed by atoms with van der Waals surface area (Å²) in [7, 11) is 0. The number of ether oxygens (including phenoxy) is 1. The van der Waals surface area contributed by atoms with Crippen LogP contribution >= 0.6 is 11.8 Å². The number of aromatic nitrogens is 1. The summed E-state index contributed by atoms with van der Waals surface area (Å²) in [5.41, 5.74) is 17.3. The van der Waals surface area contributed by atoms with E-state index in [1.165, 1.54) is 0 Å². The van der Waals surface area contributed by atoms with E-state index in [1.807, 2.05) is 55.5 Å².